The first-order chi connectivity index (χ1) is 9.34. The Morgan fingerprint density at radius 3 is 3.05 bits per heavy atom. The Kier molecular flexibility index (Phi) is 1.88. The van der Waals surface area contributed by atoms with Gasteiger partial charge in [0.25, 0.3) is 0 Å². The van der Waals surface area contributed by atoms with Gasteiger partial charge in [0.05, 0.1) is 35.5 Å². The maximum atomic E-state index is 5.90. The van der Waals surface area contributed by atoms with Gasteiger partial charge in [0.1, 0.15) is 5.65 Å². The number of rotatable bonds is 1. The van der Waals surface area contributed by atoms with Crippen LogP contribution in [0.3, 0.4) is 0 Å². The maximum absolute atomic E-state index is 5.90. The lowest BCUT2D eigenvalue weighted by Crippen LogP contribution is -1.95. The van der Waals surface area contributed by atoms with E-state index in [1.165, 1.54) is 0 Å². The van der Waals surface area contributed by atoms with Crippen LogP contribution in [0, 0.1) is 0 Å². The molecule has 6 nitrogen and oxygen atoms in total. The van der Waals surface area contributed by atoms with Crippen molar-refractivity contribution in [2.75, 3.05) is 5.73 Å². The summed E-state index contributed by atoms with van der Waals surface area (Å²) in [6.07, 6.45) is 8.78. The van der Waals surface area contributed by atoms with Gasteiger partial charge in [-0.15, -0.1) is 0 Å². The van der Waals surface area contributed by atoms with E-state index in [4.69, 9.17) is 5.73 Å². The Balaban J connectivity index is 2.07. The number of aromatic nitrogens is 5. The van der Waals surface area contributed by atoms with Crippen molar-refractivity contribution in [1.29, 1.82) is 0 Å². The zero-order valence-electron chi connectivity index (χ0n) is 9.91. The molecule has 19 heavy (non-hydrogen) atoms. The lowest BCUT2D eigenvalue weighted by molar-refractivity contribution is 0.915. The second-order valence-electron chi connectivity index (χ2n) is 4.29. The fraction of sp³-hybridized carbons (Fsp3) is 0. The van der Waals surface area contributed by atoms with Gasteiger partial charge in [-0.1, -0.05) is 0 Å². The molecule has 0 bridgehead atoms. The minimum Gasteiger partial charge on any atom is -0.397 e. The van der Waals surface area contributed by atoms with Gasteiger partial charge in [0.2, 0.25) is 0 Å². The van der Waals surface area contributed by atoms with Gasteiger partial charge in [-0.2, -0.15) is 5.10 Å². The number of hydrogen-bond donors (Lipinski definition) is 2. The number of pyridine rings is 2. The van der Waals surface area contributed by atoms with Crippen molar-refractivity contribution in [3.05, 3.63) is 43.1 Å². The van der Waals surface area contributed by atoms with Gasteiger partial charge in [0.15, 0.2) is 0 Å². The third-order valence-corrected chi connectivity index (χ3v) is 3.19. The number of nitrogen functional groups attached to an aromatic ring is 1. The molecular weight excluding hydrogens is 240 g/mol. The van der Waals surface area contributed by atoms with Crippen LogP contribution in [-0.2, 0) is 0 Å². The van der Waals surface area contributed by atoms with Crippen LogP contribution in [0.5, 0.6) is 0 Å². The number of nitrogens with one attached hydrogen (secondary N) is 1. The Labute approximate surface area is 107 Å². The highest BCUT2D eigenvalue weighted by atomic mass is 15.3. The Bertz CT molecular complexity index is 888. The molecule has 3 N–H and O–H groups in total. The molecule has 0 amide bonds. The van der Waals surface area contributed by atoms with Crippen molar-refractivity contribution >= 4 is 27.6 Å². The zero-order valence-corrected chi connectivity index (χ0v) is 9.91. The molecular formula is C13H10N6. The fourth-order valence-corrected chi connectivity index (χ4v) is 2.27. The predicted octanol–water partition coefficient (Wildman–Crippen LogP) is 1.88. The second kappa shape index (κ2) is 3.55. The maximum Gasteiger partial charge on any atom is 0.139 e. The van der Waals surface area contributed by atoms with E-state index in [9.17, 15) is 0 Å². The van der Waals surface area contributed by atoms with E-state index >= 15 is 0 Å². The van der Waals surface area contributed by atoms with Crippen LogP contribution >= 0.6 is 0 Å². The third kappa shape index (κ3) is 1.33. The van der Waals surface area contributed by atoms with Crippen LogP contribution < -0.4 is 5.73 Å². The molecule has 0 atom stereocenters. The lowest BCUT2D eigenvalue weighted by Gasteiger charge is -2.01. The molecule has 0 aromatic carbocycles. The van der Waals surface area contributed by atoms with E-state index in [0.29, 0.717) is 5.69 Å². The summed E-state index contributed by atoms with van der Waals surface area (Å²) in [5.74, 6) is 0. The van der Waals surface area contributed by atoms with E-state index < -0.39 is 0 Å². The number of anilines is 1. The van der Waals surface area contributed by atoms with Crippen molar-refractivity contribution in [3.8, 4) is 5.69 Å². The first-order valence-corrected chi connectivity index (χ1v) is 5.84. The molecule has 4 rings (SSSR count). The first-order valence-electron chi connectivity index (χ1n) is 5.84. The van der Waals surface area contributed by atoms with E-state index in [1.54, 1.807) is 24.8 Å². The number of H-pyrrole nitrogens is 1. The van der Waals surface area contributed by atoms with Crippen molar-refractivity contribution in [2.24, 2.45) is 0 Å². The SMILES string of the molecule is Nc1cncc2c1cnn2-c1c[nH]c2ncccc12. The number of hydrogen-bond acceptors (Lipinski definition) is 4. The van der Waals surface area contributed by atoms with Crippen molar-refractivity contribution in [2.45, 2.75) is 0 Å². The molecule has 4 aromatic heterocycles. The van der Waals surface area contributed by atoms with Gasteiger partial charge < -0.3 is 10.7 Å². The molecule has 4 aromatic rings. The van der Waals surface area contributed by atoms with Crippen LogP contribution in [0.1, 0.15) is 0 Å². The third-order valence-electron chi connectivity index (χ3n) is 3.19. The molecule has 0 unspecified atom stereocenters. The summed E-state index contributed by atoms with van der Waals surface area (Å²) in [6, 6.07) is 3.90. The molecule has 0 fully saturated rings. The van der Waals surface area contributed by atoms with E-state index in [-0.39, 0.29) is 0 Å². The summed E-state index contributed by atoms with van der Waals surface area (Å²) in [7, 11) is 0. The van der Waals surface area contributed by atoms with E-state index in [2.05, 4.69) is 20.1 Å². The topological polar surface area (TPSA) is 85.4 Å². The molecule has 0 saturated carbocycles. The molecule has 92 valence electrons. The standard InChI is InChI=1S/C13H10N6/c14-10-5-15-6-11-9(10)4-18-19(11)12-7-17-13-8(12)2-1-3-16-13/h1-7H,14H2,(H,16,17). The average Bonchev–Trinajstić information content (AvgIpc) is 3.02. The minimum atomic E-state index is 0.627. The molecule has 0 radical (unpaired) electrons. The monoisotopic (exact) mass is 250 g/mol. The predicted molar refractivity (Wildman–Crippen MR) is 72.9 cm³/mol. The molecule has 0 saturated heterocycles. The molecule has 0 aliphatic carbocycles. The fourth-order valence-electron chi connectivity index (χ4n) is 2.27. The minimum absolute atomic E-state index is 0.627. The van der Waals surface area contributed by atoms with Gasteiger partial charge in [-0.05, 0) is 12.1 Å². The van der Waals surface area contributed by atoms with Crippen molar-refractivity contribution in [3.63, 3.8) is 0 Å². The van der Waals surface area contributed by atoms with Crippen molar-refractivity contribution < 1.29 is 0 Å². The number of aromatic amines is 1. The van der Waals surface area contributed by atoms with Crippen LogP contribution in [-0.4, -0.2) is 24.7 Å². The second-order valence-corrected chi connectivity index (χ2v) is 4.29. The van der Waals surface area contributed by atoms with Crippen LogP contribution in [0.2, 0.25) is 0 Å². The summed E-state index contributed by atoms with van der Waals surface area (Å²) in [5.41, 5.74) is 9.17. The summed E-state index contributed by atoms with van der Waals surface area (Å²) in [4.78, 5) is 11.5. The van der Waals surface area contributed by atoms with Crippen LogP contribution in [0.4, 0.5) is 5.69 Å². The summed E-state index contributed by atoms with van der Waals surface area (Å²) in [6.45, 7) is 0. The summed E-state index contributed by atoms with van der Waals surface area (Å²) >= 11 is 0. The normalized spacial score (nSPS) is 11.4. The summed E-state index contributed by atoms with van der Waals surface area (Å²) < 4.78 is 1.82. The van der Waals surface area contributed by atoms with Gasteiger partial charge >= 0.3 is 0 Å². The Morgan fingerprint density at radius 1 is 1.16 bits per heavy atom. The average molecular weight is 250 g/mol. The van der Waals surface area contributed by atoms with Gasteiger partial charge in [0, 0.05) is 23.2 Å². The molecule has 0 aliphatic heterocycles. The number of fused-ring (bicyclic) bond motifs is 2. The smallest absolute Gasteiger partial charge is 0.139 e. The van der Waals surface area contributed by atoms with Crippen LogP contribution in [0.15, 0.2) is 43.1 Å². The molecule has 0 spiro atoms. The van der Waals surface area contributed by atoms with E-state index in [1.807, 2.05) is 23.0 Å². The Morgan fingerprint density at radius 2 is 2.11 bits per heavy atom. The van der Waals surface area contributed by atoms with E-state index in [0.717, 1.165) is 27.6 Å². The largest absolute Gasteiger partial charge is 0.397 e. The molecule has 4 heterocycles. The zero-order chi connectivity index (χ0) is 12.8. The number of nitrogens with two attached hydrogens (primary N) is 1. The summed E-state index contributed by atoms with van der Waals surface area (Å²) in [5, 5.41) is 6.30. The van der Waals surface area contributed by atoms with Crippen molar-refractivity contribution in [1.82, 2.24) is 24.7 Å². The highest BCUT2D eigenvalue weighted by Crippen LogP contribution is 2.25. The Hall–Kier alpha value is -2.89. The van der Waals surface area contributed by atoms with Gasteiger partial charge in [-0.25, -0.2) is 9.67 Å². The quantitative estimate of drug-likeness (QED) is 0.540. The van der Waals surface area contributed by atoms with Gasteiger partial charge in [-0.3, -0.25) is 4.98 Å². The number of nitrogens with zero attached hydrogens (tertiary/aromatic N) is 4. The molecule has 6 heteroatoms. The highest BCUT2D eigenvalue weighted by molar-refractivity contribution is 5.93. The first kappa shape index (κ1) is 10.1. The highest BCUT2D eigenvalue weighted by Gasteiger charge is 2.11. The molecule has 0 aliphatic rings. The lowest BCUT2D eigenvalue weighted by atomic mass is 10.3. The van der Waals surface area contributed by atoms with Crippen LogP contribution in [0.25, 0.3) is 27.6 Å².